The van der Waals surface area contributed by atoms with Gasteiger partial charge in [-0.25, -0.2) is 4.79 Å². The molecule has 0 amide bonds. The van der Waals surface area contributed by atoms with Crippen LogP contribution in [0.3, 0.4) is 0 Å². The first kappa shape index (κ1) is 13.5. The molecule has 0 bridgehead atoms. The Balaban J connectivity index is 0. The maximum absolute atomic E-state index is 10.9. The Bertz CT molecular complexity index is 155. The average Bonchev–Trinajstić information content (AvgIpc) is 2.00. The van der Waals surface area contributed by atoms with Gasteiger partial charge in [-0.05, 0) is 6.42 Å². The van der Waals surface area contributed by atoms with Gasteiger partial charge in [-0.3, -0.25) is 4.89 Å². The molecule has 0 spiro atoms. The predicted molar refractivity (Wildman–Crippen MR) is 43.5 cm³/mol. The van der Waals surface area contributed by atoms with Crippen LogP contribution in [0.1, 0.15) is 13.3 Å². The van der Waals surface area contributed by atoms with E-state index in [9.17, 15) is 4.79 Å². The van der Waals surface area contributed by atoms with Crippen molar-refractivity contribution < 1.29 is 19.3 Å². The second kappa shape index (κ2) is 8.03. The molecule has 5 nitrogen and oxygen atoms in total. The fourth-order valence-corrected chi connectivity index (χ4v) is 0.547. The van der Waals surface area contributed by atoms with Crippen molar-refractivity contribution in [3.63, 3.8) is 0 Å². The number of rotatable bonds is 4. The van der Waals surface area contributed by atoms with Crippen LogP contribution >= 0.6 is 0 Å². The molecular weight excluding hydrogens is 162 g/mol. The van der Waals surface area contributed by atoms with Crippen LogP contribution < -0.4 is 6.15 Å². The lowest BCUT2D eigenvalue weighted by Gasteiger charge is -2.00. The van der Waals surface area contributed by atoms with Gasteiger partial charge in [0.05, 0.1) is 26.1 Å². The summed E-state index contributed by atoms with van der Waals surface area (Å²) in [5, 5.41) is 0. The third-order valence-corrected chi connectivity index (χ3v) is 1.06. The molecule has 0 atom stereocenters. The van der Waals surface area contributed by atoms with Gasteiger partial charge >= 0.3 is 5.97 Å². The van der Waals surface area contributed by atoms with Crippen LogP contribution in [0.4, 0.5) is 0 Å². The highest BCUT2D eigenvalue weighted by atomic mass is 17.2. The first-order valence-corrected chi connectivity index (χ1v) is 3.23. The first-order chi connectivity index (χ1) is 5.26. The molecule has 12 heavy (non-hydrogen) atoms. The van der Waals surface area contributed by atoms with E-state index in [4.69, 9.17) is 0 Å². The zero-order chi connectivity index (χ0) is 8.69. The summed E-state index contributed by atoms with van der Waals surface area (Å²) in [7, 11) is 2.74. The average molecular weight is 177 g/mol. The molecule has 0 radical (unpaired) electrons. The molecule has 72 valence electrons. The van der Waals surface area contributed by atoms with Crippen molar-refractivity contribution in [2.75, 3.05) is 14.2 Å². The zero-order valence-electron chi connectivity index (χ0n) is 7.62. The molecule has 0 unspecified atom stereocenters. The summed E-state index contributed by atoms with van der Waals surface area (Å²) in [5.74, 6) is -0.517. The van der Waals surface area contributed by atoms with E-state index in [-0.39, 0.29) is 6.15 Å². The van der Waals surface area contributed by atoms with Gasteiger partial charge in [0.1, 0.15) is 0 Å². The maximum Gasteiger partial charge on any atom is 0.372 e. The number of methoxy groups -OCH3 is 1. The summed E-state index contributed by atoms with van der Waals surface area (Å²) in [6.07, 6.45) is 1.89. The fourth-order valence-electron chi connectivity index (χ4n) is 0.547. The van der Waals surface area contributed by atoms with Crippen LogP contribution in [0.25, 0.3) is 0 Å². The SMILES string of the molecule is CCC(=COC)C(=O)OOC.N. The number of hydrogen-bond acceptors (Lipinski definition) is 5. The molecule has 0 aromatic rings. The number of hydrogen-bond donors (Lipinski definition) is 1. The van der Waals surface area contributed by atoms with Crippen molar-refractivity contribution in [3.05, 3.63) is 11.8 Å². The van der Waals surface area contributed by atoms with Gasteiger partial charge in [0, 0.05) is 0 Å². The highest BCUT2D eigenvalue weighted by Gasteiger charge is 2.09. The van der Waals surface area contributed by atoms with E-state index in [0.29, 0.717) is 12.0 Å². The van der Waals surface area contributed by atoms with E-state index in [2.05, 4.69) is 14.5 Å². The summed E-state index contributed by atoms with van der Waals surface area (Å²) >= 11 is 0. The molecule has 5 heteroatoms. The van der Waals surface area contributed by atoms with Gasteiger partial charge in [-0.2, -0.15) is 4.89 Å². The van der Waals surface area contributed by atoms with Crippen LogP contribution in [0.5, 0.6) is 0 Å². The second-order valence-corrected chi connectivity index (χ2v) is 1.77. The summed E-state index contributed by atoms with van der Waals surface area (Å²) < 4.78 is 4.64. The van der Waals surface area contributed by atoms with Crippen LogP contribution in [0.15, 0.2) is 11.8 Å². The van der Waals surface area contributed by atoms with Crippen LogP contribution in [-0.2, 0) is 19.3 Å². The molecule has 0 fully saturated rings. The minimum absolute atomic E-state index is 0. The van der Waals surface area contributed by atoms with Gasteiger partial charge in [0.15, 0.2) is 0 Å². The molecule has 0 rings (SSSR count). The van der Waals surface area contributed by atoms with Crippen LogP contribution in [0, 0.1) is 0 Å². The fraction of sp³-hybridized carbons (Fsp3) is 0.571. The van der Waals surface area contributed by atoms with Gasteiger partial charge in [-0.1, -0.05) is 6.92 Å². The largest absolute Gasteiger partial charge is 0.504 e. The molecule has 0 saturated carbocycles. The molecule has 0 aliphatic rings. The monoisotopic (exact) mass is 177 g/mol. The quantitative estimate of drug-likeness (QED) is 0.302. The van der Waals surface area contributed by atoms with E-state index >= 15 is 0 Å². The zero-order valence-corrected chi connectivity index (χ0v) is 7.62. The van der Waals surface area contributed by atoms with Crippen molar-refractivity contribution >= 4 is 5.97 Å². The predicted octanol–water partition coefficient (Wildman–Crippen LogP) is 1.19. The summed E-state index contributed by atoms with van der Waals surface area (Å²) in [4.78, 5) is 19.3. The van der Waals surface area contributed by atoms with E-state index in [1.807, 2.05) is 6.92 Å². The van der Waals surface area contributed by atoms with E-state index in [1.165, 1.54) is 20.5 Å². The summed E-state index contributed by atoms with van der Waals surface area (Å²) in [6, 6.07) is 0. The normalized spacial score (nSPS) is 10.1. The second-order valence-electron chi connectivity index (χ2n) is 1.77. The lowest BCUT2D eigenvalue weighted by Crippen LogP contribution is -2.06. The Morgan fingerprint density at radius 3 is 2.33 bits per heavy atom. The summed E-state index contributed by atoms with van der Waals surface area (Å²) in [6.45, 7) is 1.82. The Labute approximate surface area is 71.8 Å². The lowest BCUT2D eigenvalue weighted by atomic mass is 10.2. The molecular formula is C7H15NO4. The molecule has 0 aromatic heterocycles. The molecule has 0 aromatic carbocycles. The van der Waals surface area contributed by atoms with Crippen molar-refractivity contribution in [1.29, 1.82) is 0 Å². The topological polar surface area (TPSA) is 79.8 Å². The Kier molecular flexibility index (Phi) is 9.04. The first-order valence-electron chi connectivity index (χ1n) is 3.23. The smallest absolute Gasteiger partial charge is 0.372 e. The minimum atomic E-state index is -0.517. The molecule has 0 heterocycles. The van der Waals surface area contributed by atoms with Crippen molar-refractivity contribution in [2.45, 2.75) is 13.3 Å². The van der Waals surface area contributed by atoms with Gasteiger partial charge in [-0.15, -0.1) is 0 Å². The third-order valence-electron chi connectivity index (χ3n) is 1.06. The summed E-state index contributed by atoms with van der Waals surface area (Å²) in [5.41, 5.74) is 0.439. The maximum atomic E-state index is 10.9. The standard InChI is InChI=1S/C7H12O4.H3N/c1-4-6(5-9-2)7(8)11-10-3;/h5H,4H2,1-3H3;1H3. The molecule has 0 aliphatic heterocycles. The Hall–Kier alpha value is -1.07. The van der Waals surface area contributed by atoms with E-state index in [0.717, 1.165) is 0 Å². The molecule has 3 N–H and O–H groups in total. The number of ether oxygens (including phenoxy) is 1. The number of carbonyl (C=O) groups is 1. The van der Waals surface area contributed by atoms with Crippen LogP contribution in [0.2, 0.25) is 0 Å². The van der Waals surface area contributed by atoms with Crippen molar-refractivity contribution in [2.24, 2.45) is 0 Å². The van der Waals surface area contributed by atoms with Gasteiger partial charge in [0.2, 0.25) is 0 Å². The highest BCUT2D eigenvalue weighted by Crippen LogP contribution is 2.02. The Morgan fingerprint density at radius 1 is 1.42 bits per heavy atom. The minimum Gasteiger partial charge on any atom is -0.504 e. The lowest BCUT2D eigenvalue weighted by molar-refractivity contribution is -0.250. The highest BCUT2D eigenvalue weighted by molar-refractivity contribution is 5.87. The van der Waals surface area contributed by atoms with Crippen LogP contribution in [-0.4, -0.2) is 20.2 Å². The van der Waals surface area contributed by atoms with E-state index in [1.54, 1.807) is 0 Å². The molecule has 0 aliphatic carbocycles. The van der Waals surface area contributed by atoms with Crippen molar-refractivity contribution in [1.82, 2.24) is 6.15 Å². The van der Waals surface area contributed by atoms with Gasteiger partial charge < -0.3 is 10.9 Å². The third kappa shape index (κ3) is 4.70. The number of carbonyl (C=O) groups excluding carboxylic acids is 1. The Morgan fingerprint density at radius 2 is 2.00 bits per heavy atom. The molecule has 0 saturated heterocycles. The van der Waals surface area contributed by atoms with E-state index < -0.39 is 5.97 Å². The van der Waals surface area contributed by atoms with Gasteiger partial charge in [0.25, 0.3) is 0 Å². The van der Waals surface area contributed by atoms with Crippen molar-refractivity contribution in [3.8, 4) is 0 Å².